The second-order valence-electron chi connectivity index (χ2n) is 4.87. The molecular weight excluding hydrogens is 274 g/mol. The van der Waals surface area contributed by atoms with Crippen LogP contribution in [-0.2, 0) is 6.42 Å². The molecule has 0 bridgehead atoms. The van der Waals surface area contributed by atoms with Gasteiger partial charge in [0.1, 0.15) is 10.8 Å². The minimum Gasteiger partial charge on any atom is -0.306 e. The summed E-state index contributed by atoms with van der Waals surface area (Å²) in [7, 11) is 0. The molecule has 1 aromatic carbocycles. The van der Waals surface area contributed by atoms with Crippen LogP contribution in [-0.4, -0.2) is 22.4 Å². The van der Waals surface area contributed by atoms with Crippen LogP contribution in [0.15, 0.2) is 30.6 Å². The molecule has 0 saturated heterocycles. The lowest BCUT2D eigenvalue weighted by Gasteiger charge is -2.30. The normalized spacial score (nSPS) is 14.0. The van der Waals surface area contributed by atoms with Gasteiger partial charge in [-0.15, -0.1) is 0 Å². The van der Waals surface area contributed by atoms with Crippen molar-refractivity contribution in [3.8, 4) is 0 Å². The molecule has 1 aromatic heterocycles. The van der Waals surface area contributed by atoms with Crippen molar-refractivity contribution < 1.29 is 4.79 Å². The van der Waals surface area contributed by atoms with Gasteiger partial charge in [0, 0.05) is 6.54 Å². The van der Waals surface area contributed by atoms with Crippen LogP contribution >= 0.6 is 11.6 Å². The Labute approximate surface area is 122 Å². The highest BCUT2D eigenvalue weighted by Crippen LogP contribution is 2.31. The summed E-state index contributed by atoms with van der Waals surface area (Å²) in [6.45, 7) is 2.74. The average molecular weight is 288 g/mol. The molecule has 5 heteroatoms. The van der Waals surface area contributed by atoms with Crippen molar-refractivity contribution in [1.82, 2.24) is 9.97 Å². The maximum Gasteiger partial charge on any atom is 0.278 e. The van der Waals surface area contributed by atoms with Gasteiger partial charge in [0.05, 0.1) is 18.1 Å². The largest absolute Gasteiger partial charge is 0.306 e. The van der Waals surface area contributed by atoms with Crippen molar-refractivity contribution in [2.45, 2.75) is 19.8 Å². The van der Waals surface area contributed by atoms with Gasteiger partial charge >= 0.3 is 0 Å². The predicted octanol–water partition coefficient (Wildman–Crippen LogP) is 3.03. The lowest BCUT2D eigenvalue weighted by Crippen LogP contribution is -2.36. The predicted molar refractivity (Wildman–Crippen MR) is 78.2 cm³/mol. The molecule has 0 N–H and O–H groups in total. The smallest absolute Gasteiger partial charge is 0.278 e. The summed E-state index contributed by atoms with van der Waals surface area (Å²) >= 11 is 5.71. The number of benzene rings is 1. The Morgan fingerprint density at radius 2 is 2.15 bits per heavy atom. The summed E-state index contributed by atoms with van der Waals surface area (Å²) in [5.74, 6) is -0.121. The number of rotatable bonds is 1. The fourth-order valence-electron chi connectivity index (χ4n) is 2.61. The minimum absolute atomic E-state index is 0.121. The molecule has 1 aliphatic rings. The van der Waals surface area contributed by atoms with E-state index in [1.807, 2.05) is 19.1 Å². The van der Waals surface area contributed by atoms with Crippen molar-refractivity contribution >= 4 is 23.2 Å². The quantitative estimate of drug-likeness (QED) is 0.810. The van der Waals surface area contributed by atoms with Crippen molar-refractivity contribution in [2.75, 3.05) is 11.4 Å². The second-order valence-corrected chi connectivity index (χ2v) is 5.25. The van der Waals surface area contributed by atoms with Gasteiger partial charge in [-0.05, 0) is 30.9 Å². The Morgan fingerprint density at radius 3 is 2.90 bits per heavy atom. The van der Waals surface area contributed by atoms with Crippen LogP contribution in [0.5, 0.6) is 0 Å². The molecule has 20 heavy (non-hydrogen) atoms. The Morgan fingerprint density at radius 1 is 1.30 bits per heavy atom. The third kappa shape index (κ3) is 2.27. The molecule has 0 atom stereocenters. The molecule has 2 aromatic rings. The highest BCUT2D eigenvalue weighted by atomic mass is 35.5. The van der Waals surface area contributed by atoms with Gasteiger partial charge in [-0.2, -0.15) is 0 Å². The number of aromatic nitrogens is 2. The number of carbonyl (C=O) groups is 1. The minimum atomic E-state index is -0.121. The standard InChI is InChI=1S/C15H14ClN3O/c1-10-4-2-5-11-6-3-7-19(14(10)11)15(20)12-8-18-13(16)9-17-12/h2,4-5,8-9H,3,6-7H2,1H3. The molecule has 0 unspecified atom stereocenters. The van der Waals surface area contributed by atoms with Crippen LogP contribution in [0.1, 0.15) is 28.0 Å². The maximum absolute atomic E-state index is 12.6. The van der Waals surface area contributed by atoms with Gasteiger partial charge in [0.2, 0.25) is 0 Å². The molecular formula is C15H14ClN3O. The first-order valence-corrected chi connectivity index (χ1v) is 6.92. The van der Waals surface area contributed by atoms with E-state index in [-0.39, 0.29) is 11.1 Å². The average Bonchev–Trinajstić information content (AvgIpc) is 2.47. The number of halogens is 1. The Balaban J connectivity index is 2.00. The number of fused-ring (bicyclic) bond motifs is 1. The van der Waals surface area contributed by atoms with E-state index in [1.165, 1.54) is 18.0 Å². The van der Waals surface area contributed by atoms with E-state index in [2.05, 4.69) is 16.0 Å². The van der Waals surface area contributed by atoms with Gasteiger partial charge < -0.3 is 4.90 Å². The molecule has 102 valence electrons. The number of nitrogens with zero attached hydrogens (tertiary/aromatic N) is 3. The zero-order chi connectivity index (χ0) is 14.1. The summed E-state index contributed by atoms with van der Waals surface area (Å²) in [6.07, 6.45) is 4.80. The first-order valence-electron chi connectivity index (χ1n) is 6.55. The fourth-order valence-corrected chi connectivity index (χ4v) is 2.71. The molecule has 0 fully saturated rings. The number of carbonyl (C=O) groups excluding carboxylic acids is 1. The lowest BCUT2D eigenvalue weighted by molar-refractivity contribution is 0.0980. The van der Waals surface area contributed by atoms with E-state index >= 15 is 0 Å². The molecule has 3 rings (SSSR count). The van der Waals surface area contributed by atoms with Gasteiger partial charge in [0.25, 0.3) is 5.91 Å². The summed E-state index contributed by atoms with van der Waals surface area (Å²) in [4.78, 5) is 22.4. The van der Waals surface area contributed by atoms with Crippen LogP contribution < -0.4 is 4.90 Å². The molecule has 1 amide bonds. The molecule has 2 heterocycles. The molecule has 0 radical (unpaired) electrons. The van der Waals surface area contributed by atoms with Crippen molar-refractivity contribution in [3.05, 3.63) is 52.6 Å². The van der Waals surface area contributed by atoms with Gasteiger partial charge in [-0.25, -0.2) is 9.97 Å². The van der Waals surface area contributed by atoms with Gasteiger partial charge in [-0.1, -0.05) is 29.8 Å². The molecule has 0 aliphatic carbocycles. The Kier molecular flexibility index (Phi) is 3.40. The van der Waals surface area contributed by atoms with Crippen LogP contribution in [0, 0.1) is 6.92 Å². The van der Waals surface area contributed by atoms with E-state index in [0.717, 1.165) is 24.1 Å². The van der Waals surface area contributed by atoms with Gasteiger partial charge in [-0.3, -0.25) is 4.79 Å². The van der Waals surface area contributed by atoms with Gasteiger partial charge in [0.15, 0.2) is 0 Å². The monoisotopic (exact) mass is 287 g/mol. The van der Waals surface area contributed by atoms with Crippen LogP contribution in [0.2, 0.25) is 5.15 Å². The highest BCUT2D eigenvalue weighted by molar-refractivity contribution is 6.29. The third-order valence-corrected chi connectivity index (χ3v) is 3.70. The highest BCUT2D eigenvalue weighted by Gasteiger charge is 2.25. The van der Waals surface area contributed by atoms with E-state index in [0.29, 0.717) is 12.2 Å². The van der Waals surface area contributed by atoms with E-state index < -0.39 is 0 Å². The number of amides is 1. The molecule has 0 saturated carbocycles. The number of para-hydroxylation sites is 1. The topological polar surface area (TPSA) is 46.1 Å². The first-order chi connectivity index (χ1) is 9.66. The van der Waals surface area contributed by atoms with Crippen LogP contribution in [0.4, 0.5) is 5.69 Å². The lowest BCUT2D eigenvalue weighted by atomic mass is 9.98. The maximum atomic E-state index is 12.6. The number of aryl methyl sites for hydroxylation is 2. The number of hydrogen-bond donors (Lipinski definition) is 0. The van der Waals surface area contributed by atoms with E-state index in [9.17, 15) is 4.79 Å². The van der Waals surface area contributed by atoms with Crippen molar-refractivity contribution in [1.29, 1.82) is 0 Å². The van der Waals surface area contributed by atoms with Crippen molar-refractivity contribution in [3.63, 3.8) is 0 Å². The summed E-state index contributed by atoms with van der Waals surface area (Å²) in [5.41, 5.74) is 3.66. The molecule has 4 nitrogen and oxygen atoms in total. The summed E-state index contributed by atoms with van der Waals surface area (Å²) in [6, 6.07) is 6.14. The zero-order valence-electron chi connectivity index (χ0n) is 11.1. The SMILES string of the molecule is Cc1cccc2c1N(C(=O)c1cnc(Cl)cn1)CCC2. The first kappa shape index (κ1) is 13.1. The second kappa shape index (κ2) is 5.21. The fraction of sp³-hybridized carbons (Fsp3) is 0.267. The number of hydrogen-bond acceptors (Lipinski definition) is 3. The van der Waals surface area contributed by atoms with Crippen molar-refractivity contribution in [2.24, 2.45) is 0 Å². The van der Waals surface area contributed by atoms with Crippen LogP contribution in [0.25, 0.3) is 0 Å². The Hall–Kier alpha value is -1.94. The zero-order valence-corrected chi connectivity index (χ0v) is 11.9. The third-order valence-electron chi connectivity index (χ3n) is 3.50. The molecule has 0 spiro atoms. The molecule has 1 aliphatic heterocycles. The summed E-state index contributed by atoms with van der Waals surface area (Å²) in [5, 5.41) is 0.289. The summed E-state index contributed by atoms with van der Waals surface area (Å²) < 4.78 is 0. The number of anilines is 1. The van der Waals surface area contributed by atoms with Crippen LogP contribution in [0.3, 0.4) is 0 Å². The van der Waals surface area contributed by atoms with E-state index in [1.54, 1.807) is 4.90 Å². The Bertz CT molecular complexity index is 655. The van der Waals surface area contributed by atoms with E-state index in [4.69, 9.17) is 11.6 Å².